The van der Waals surface area contributed by atoms with Gasteiger partial charge in [0.2, 0.25) is 0 Å². The number of anilines is 1. The fraction of sp³-hybridized carbons (Fsp3) is 0.357. The summed E-state index contributed by atoms with van der Waals surface area (Å²) in [5.41, 5.74) is 8.07. The van der Waals surface area contributed by atoms with Crippen LogP contribution in [0.15, 0.2) is 27.6 Å². The molecule has 21 heavy (non-hydrogen) atoms. The quantitative estimate of drug-likeness (QED) is 0.790. The van der Waals surface area contributed by atoms with E-state index >= 15 is 0 Å². The van der Waals surface area contributed by atoms with Crippen LogP contribution in [0, 0.1) is 0 Å². The van der Waals surface area contributed by atoms with Crippen LogP contribution in [0.4, 0.5) is 5.69 Å². The summed E-state index contributed by atoms with van der Waals surface area (Å²) < 4.78 is 15.3. The van der Waals surface area contributed by atoms with Crippen molar-refractivity contribution < 1.29 is 4.21 Å². The molecule has 0 aliphatic rings. The summed E-state index contributed by atoms with van der Waals surface area (Å²) in [6.45, 7) is 4.68. The number of halogens is 2. The SMILES string of the molecule is CCc1nn(CC)c(CS(=O)c2cc(Br)ccc2N)c1Cl. The molecule has 1 heterocycles. The zero-order valence-electron chi connectivity index (χ0n) is 11.9. The van der Waals surface area contributed by atoms with E-state index in [2.05, 4.69) is 21.0 Å². The summed E-state index contributed by atoms with van der Waals surface area (Å²) in [5.74, 6) is 0.306. The lowest BCUT2D eigenvalue weighted by Gasteiger charge is -2.08. The normalized spacial score (nSPS) is 12.6. The van der Waals surface area contributed by atoms with E-state index in [1.165, 1.54) is 0 Å². The van der Waals surface area contributed by atoms with Crippen molar-refractivity contribution in [1.29, 1.82) is 0 Å². The highest BCUT2D eigenvalue weighted by atomic mass is 79.9. The van der Waals surface area contributed by atoms with Crippen LogP contribution in [0.25, 0.3) is 0 Å². The van der Waals surface area contributed by atoms with Crippen LogP contribution in [0.3, 0.4) is 0 Å². The van der Waals surface area contributed by atoms with Gasteiger partial charge in [-0.3, -0.25) is 8.89 Å². The van der Waals surface area contributed by atoms with Gasteiger partial charge in [0.25, 0.3) is 0 Å². The molecule has 1 unspecified atom stereocenters. The van der Waals surface area contributed by atoms with Gasteiger partial charge < -0.3 is 5.73 Å². The number of hydrogen-bond acceptors (Lipinski definition) is 3. The maximum absolute atomic E-state index is 12.6. The van der Waals surface area contributed by atoms with E-state index < -0.39 is 10.8 Å². The van der Waals surface area contributed by atoms with E-state index in [1.54, 1.807) is 12.1 Å². The van der Waals surface area contributed by atoms with Crippen molar-refractivity contribution in [1.82, 2.24) is 9.78 Å². The Balaban J connectivity index is 2.35. The Kier molecular flexibility index (Phi) is 5.46. The largest absolute Gasteiger partial charge is 0.398 e. The number of hydrogen-bond donors (Lipinski definition) is 1. The summed E-state index contributed by atoms with van der Waals surface area (Å²) in [6, 6.07) is 5.36. The molecule has 4 nitrogen and oxygen atoms in total. The Morgan fingerprint density at radius 3 is 2.76 bits per heavy atom. The standard InChI is InChI=1S/C14H17BrClN3OS/c1-3-11-14(16)12(19(4-2)18-11)8-21(20)13-7-9(15)5-6-10(13)17/h5-7H,3-4,8,17H2,1-2H3. The molecule has 2 rings (SSSR count). The maximum Gasteiger partial charge on any atom is 0.0859 e. The Morgan fingerprint density at radius 2 is 2.14 bits per heavy atom. The summed E-state index contributed by atoms with van der Waals surface area (Å²) >= 11 is 9.73. The molecule has 0 radical (unpaired) electrons. The third-order valence-electron chi connectivity index (χ3n) is 3.18. The molecular formula is C14H17BrClN3OS. The van der Waals surface area contributed by atoms with Crippen molar-refractivity contribution in [2.45, 2.75) is 37.5 Å². The van der Waals surface area contributed by atoms with Crippen molar-refractivity contribution >= 4 is 44.0 Å². The van der Waals surface area contributed by atoms with Crippen LogP contribution < -0.4 is 5.73 Å². The van der Waals surface area contributed by atoms with E-state index in [0.29, 0.717) is 27.9 Å². The number of aryl methyl sites for hydroxylation is 2. The highest BCUT2D eigenvalue weighted by Gasteiger charge is 2.18. The van der Waals surface area contributed by atoms with Gasteiger partial charge >= 0.3 is 0 Å². The number of aromatic nitrogens is 2. The fourth-order valence-electron chi connectivity index (χ4n) is 2.06. The molecule has 0 aliphatic heterocycles. The van der Waals surface area contributed by atoms with Gasteiger partial charge in [0.1, 0.15) is 0 Å². The van der Waals surface area contributed by atoms with Crippen molar-refractivity contribution in [2.75, 3.05) is 5.73 Å². The summed E-state index contributed by atoms with van der Waals surface area (Å²) in [4.78, 5) is 0.613. The Morgan fingerprint density at radius 1 is 1.43 bits per heavy atom. The van der Waals surface area contributed by atoms with Crippen LogP contribution in [-0.2, 0) is 29.5 Å². The van der Waals surface area contributed by atoms with Gasteiger partial charge in [0.15, 0.2) is 0 Å². The molecule has 0 spiro atoms. The molecule has 2 N–H and O–H groups in total. The molecule has 2 aromatic rings. The monoisotopic (exact) mass is 389 g/mol. The minimum atomic E-state index is -1.27. The number of rotatable bonds is 5. The van der Waals surface area contributed by atoms with Gasteiger partial charge in [-0.2, -0.15) is 5.10 Å². The molecule has 114 valence electrons. The van der Waals surface area contributed by atoms with E-state index in [0.717, 1.165) is 22.3 Å². The predicted octanol–water partition coefficient (Wildman–Crippen LogP) is 3.77. The molecule has 1 atom stereocenters. The second-order valence-electron chi connectivity index (χ2n) is 4.55. The second-order valence-corrected chi connectivity index (χ2v) is 7.26. The number of benzene rings is 1. The molecule has 1 aromatic carbocycles. The first-order valence-electron chi connectivity index (χ1n) is 6.65. The minimum Gasteiger partial charge on any atom is -0.398 e. The van der Waals surface area contributed by atoms with Gasteiger partial charge in [-0.1, -0.05) is 34.5 Å². The lowest BCUT2D eigenvalue weighted by Crippen LogP contribution is -2.07. The van der Waals surface area contributed by atoms with E-state index in [9.17, 15) is 4.21 Å². The van der Waals surface area contributed by atoms with Gasteiger partial charge in [0, 0.05) is 16.7 Å². The number of nitrogen functional groups attached to an aromatic ring is 1. The summed E-state index contributed by atoms with van der Waals surface area (Å²) in [5, 5.41) is 5.06. The van der Waals surface area contributed by atoms with Crippen molar-refractivity contribution in [3.63, 3.8) is 0 Å². The molecule has 0 fully saturated rings. The molecule has 0 saturated carbocycles. The first-order valence-corrected chi connectivity index (χ1v) is 9.14. The van der Waals surface area contributed by atoms with Crippen molar-refractivity contribution in [3.05, 3.63) is 39.1 Å². The molecule has 0 amide bonds. The van der Waals surface area contributed by atoms with E-state index in [4.69, 9.17) is 17.3 Å². The smallest absolute Gasteiger partial charge is 0.0859 e. The molecular weight excluding hydrogens is 374 g/mol. The zero-order chi connectivity index (χ0) is 15.6. The van der Waals surface area contributed by atoms with Gasteiger partial charge in [-0.05, 0) is 31.5 Å². The molecule has 0 aliphatic carbocycles. The maximum atomic E-state index is 12.6. The molecule has 0 saturated heterocycles. The third kappa shape index (κ3) is 3.49. The number of nitrogens with two attached hydrogens (primary N) is 1. The molecule has 0 bridgehead atoms. The van der Waals surface area contributed by atoms with Crippen molar-refractivity contribution in [3.8, 4) is 0 Å². The fourth-order valence-corrected chi connectivity index (χ4v) is 4.28. The first-order chi connectivity index (χ1) is 9.97. The van der Waals surface area contributed by atoms with Gasteiger partial charge in [-0.15, -0.1) is 0 Å². The second kappa shape index (κ2) is 6.94. The Labute approximate surface area is 140 Å². The Hall–Kier alpha value is -0.850. The van der Waals surface area contributed by atoms with E-state index in [-0.39, 0.29) is 0 Å². The lowest BCUT2D eigenvalue weighted by atomic mass is 10.3. The van der Waals surface area contributed by atoms with E-state index in [1.807, 2.05) is 24.6 Å². The molecule has 7 heteroatoms. The molecule has 1 aromatic heterocycles. The van der Waals surface area contributed by atoms with Crippen LogP contribution in [-0.4, -0.2) is 14.0 Å². The number of nitrogens with zero attached hydrogens (tertiary/aromatic N) is 2. The zero-order valence-corrected chi connectivity index (χ0v) is 15.1. The average molecular weight is 391 g/mol. The van der Waals surface area contributed by atoms with Crippen LogP contribution in [0.5, 0.6) is 0 Å². The minimum absolute atomic E-state index is 0.306. The Bertz CT molecular complexity index is 687. The van der Waals surface area contributed by atoms with Gasteiger partial charge in [-0.25, -0.2) is 0 Å². The summed E-state index contributed by atoms with van der Waals surface area (Å²) in [7, 11) is -1.27. The first kappa shape index (κ1) is 16.5. The summed E-state index contributed by atoms with van der Waals surface area (Å²) in [6.07, 6.45) is 0.754. The highest BCUT2D eigenvalue weighted by molar-refractivity contribution is 9.10. The average Bonchev–Trinajstić information content (AvgIpc) is 2.77. The van der Waals surface area contributed by atoms with Crippen LogP contribution in [0.2, 0.25) is 5.02 Å². The highest BCUT2D eigenvalue weighted by Crippen LogP contribution is 2.27. The lowest BCUT2D eigenvalue weighted by molar-refractivity contribution is 0.623. The van der Waals surface area contributed by atoms with Crippen molar-refractivity contribution in [2.24, 2.45) is 0 Å². The van der Waals surface area contributed by atoms with Gasteiger partial charge in [0.05, 0.1) is 37.9 Å². The van der Waals surface area contributed by atoms with Crippen LogP contribution >= 0.6 is 27.5 Å². The third-order valence-corrected chi connectivity index (χ3v) is 5.49. The predicted molar refractivity (Wildman–Crippen MR) is 91.0 cm³/mol. The van der Waals surface area contributed by atoms with Crippen LogP contribution in [0.1, 0.15) is 25.2 Å². The topological polar surface area (TPSA) is 60.9 Å².